The van der Waals surface area contributed by atoms with E-state index in [1.54, 1.807) is 0 Å². The van der Waals surface area contributed by atoms with Crippen molar-refractivity contribution in [3.63, 3.8) is 0 Å². The van der Waals surface area contributed by atoms with Crippen molar-refractivity contribution in [1.29, 1.82) is 0 Å². The Morgan fingerprint density at radius 1 is 1.00 bits per heavy atom. The summed E-state index contributed by atoms with van der Waals surface area (Å²) in [5.41, 5.74) is 3.84. The Labute approximate surface area is 186 Å². The van der Waals surface area contributed by atoms with Crippen molar-refractivity contribution in [3.8, 4) is 0 Å². The molecule has 31 heavy (non-hydrogen) atoms. The quantitative estimate of drug-likeness (QED) is 0.494. The van der Waals surface area contributed by atoms with Crippen LogP contribution in [0.25, 0.3) is 0 Å². The van der Waals surface area contributed by atoms with Crippen molar-refractivity contribution in [2.24, 2.45) is 7.05 Å². The molecule has 1 heterocycles. The fourth-order valence-electron chi connectivity index (χ4n) is 2.99. The van der Waals surface area contributed by atoms with Gasteiger partial charge in [0.1, 0.15) is 5.82 Å². The fraction of sp³-hybridized carbons (Fsp3) is 0.304. The van der Waals surface area contributed by atoms with E-state index in [1.807, 2.05) is 67.1 Å². The van der Waals surface area contributed by atoms with Gasteiger partial charge in [0.25, 0.3) is 0 Å². The van der Waals surface area contributed by atoms with Crippen LogP contribution >= 0.6 is 11.8 Å². The normalized spacial score (nSPS) is 10.7. The molecule has 3 rings (SSSR count). The molecule has 0 aliphatic rings. The minimum Gasteiger partial charge on any atom is -0.326 e. The minimum atomic E-state index is -0.101. The van der Waals surface area contributed by atoms with E-state index in [-0.39, 0.29) is 17.6 Å². The van der Waals surface area contributed by atoms with Crippen molar-refractivity contribution in [2.75, 3.05) is 16.4 Å². The molecule has 0 aliphatic heterocycles. The highest BCUT2D eigenvalue weighted by Gasteiger charge is 2.13. The standard InChI is InChI=1S/C23H27N5O2S/c1-4-17-9-11-18(12-10-17)24-22(30)15-31-23-27-26-20(28(23)3)13-14-21(29)25-19-8-6-5-7-16(19)2/h5-12H,4,13-15H2,1-3H3,(H,24,30)(H,25,29). The van der Waals surface area contributed by atoms with E-state index in [9.17, 15) is 9.59 Å². The molecule has 0 saturated heterocycles. The summed E-state index contributed by atoms with van der Waals surface area (Å²) in [6.45, 7) is 4.05. The number of thioether (sulfide) groups is 1. The SMILES string of the molecule is CCc1ccc(NC(=O)CSc2nnc(CCC(=O)Nc3ccccc3C)n2C)cc1. The lowest BCUT2D eigenvalue weighted by molar-refractivity contribution is -0.116. The predicted octanol–water partition coefficient (Wildman–Crippen LogP) is 3.99. The topological polar surface area (TPSA) is 88.9 Å². The number of hydrogen-bond donors (Lipinski definition) is 2. The van der Waals surface area contributed by atoms with Gasteiger partial charge >= 0.3 is 0 Å². The molecule has 0 fully saturated rings. The summed E-state index contributed by atoms with van der Waals surface area (Å²) in [5.74, 6) is 0.768. The largest absolute Gasteiger partial charge is 0.326 e. The van der Waals surface area contributed by atoms with Crippen molar-refractivity contribution in [2.45, 2.75) is 38.3 Å². The number of hydrogen-bond acceptors (Lipinski definition) is 5. The van der Waals surface area contributed by atoms with E-state index < -0.39 is 0 Å². The highest BCUT2D eigenvalue weighted by molar-refractivity contribution is 7.99. The Morgan fingerprint density at radius 2 is 1.74 bits per heavy atom. The summed E-state index contributed by atoms with van der Waals surface area (Å²) >= 11 is 1.32. The molecule has 0 atom stereocenters. The Bertz CT molecular complexity index is 1050. The number of benzene rings is 2. The Balaban J connectivity index is 1.47. The third-order valence-corrected chi connectivity index (χ3v) is 5.92. The van der Waals surface area contributed by atoms with Crippen LogP contribution in [-0.4, -0.2) is 32.3 Å². The maximum atomic E-state index is 12.3. The highest BCUT2D eigenvalue weighted by atomic mass is 32.2. The third-order valence-electron chi connectivity index (χ3n) is 4.90. The van der Waals surface area contributed by atoms with Crippen LogP contribution in [-0.2, 0) is 29.5 Å². The van der Waals surface area contributed by atoms with Gasteiger partial charge in [0.2, 0.25) is 11.8 Å². The minimum absolute atomic E-state index is 0.0695. The van der Waals surface area contributed by atoms with Crippen LogP contribution < -0.4 is 10.6 Å². The highest BCUT2D eigenvalue weighted by Crippen LogP contribution is 2.18. The van der Waals surface area contributed by atoms with Crippen LogP contribution in [0.5, 0.6) is 0 Å². The molecular weight excluding hydrogens is 410 g/mol. The zero-order chi connectivity index (χ0) is 22.2. The molecule has 2 aromatic carbocycles. The number of nitrogens with one attached hydrogen (secondary N) is 2. The van der Waals surface area contributed by atoms with Crippen LogP contribution in [0.4, 0.5) is 11.4 Å². The van der Waals surface area contributed by atoms with Gasteiger partial charge in [-0.15, -0.1) is 10.2 Å². The molecule has 0 unspecified atom stereocenters. The average molecular weight is 438 g/mol. The number of para-hydroxylation sites is 1. The van der Waals surface area contributed by atoms with Crippen LogP contribution in [0, 0.1) is 6.92 Å². The molecule has 1 aromatic heterocycles. The summed E-state index contributed by atoms with van der Waals surface area (Å²) in [6, 6.07) is 15.5. The molecule has 0 saturated carbocycles. The second-order valence-electron chi connectivity index (χ2n) is 7.21. The number of nitrogens with zero attached hydrogens (tertiary/aromatic N) is 3. The molecule has 2 amide bonds. The summed E-state index contributed by atoms with van der Waals surface area (Å²) in [6.07, 6.45) is 1.74. The second kappa shape index (κ2) is 10.8. The van der Waals surface area contributed by atoms with E-state index in [4.69, 9.17) is 0 Å². The van der Waals surface area contributed by atoms with E-state index in [1.165, 1.54) is 17.3 Å². The summed E-state index contributed by atoms with van der Waals surface area (Å²) in [5, 5.41) is 14.8. The monoisotopic (exact) mass is 437 g/mol. The van der Waals surface area contributed by atoms with Crippen molar-refractivity contribution in [3.05, 3.63) is 65.5 Å². The second-order valence-corrected chi connectivity index (χ2v) is 8.15. The van der Waals surface area contributed by atoms with E-state index in [0.29, 0.717) is 23.8 Å². The molecule has 3 aromatic rings. The molecule has 8 heteroatoms. The first-order valence-electron chi connectivity index (χ1n) is 10.2. The molecule has 0 aliphatic carbocycles. The van der Waals surface area contributed by atoms with Crippen molar-refractivity contribution in [1.82, 2.24) is 14.8 Å². The lowest BCUT2D eigenvalue weighted by Gasteiger charge is -2.08. The zero-order valence-electron chi connectivity index (χ0n) is 18.0. The number of anilines is 2. The van der Waals surface area contributed by atoms with Gasteiger partial charge in [-0.2, -0.15) is 0 Å². The lowest BCUT2D eigenvalue weighted by atomic mass is 10.1. The average Bonchev–Trinajstić information content (AvgIpc) is 3.12. The smallest absolute Gasteiger partial charge is 0.234 e. The Morgan fingerprint density at radius 3 is 2.45 bits per heavy atom. The first kappa shape index (κ1) is 22.6. The van der Waals surface area contributed by atoms with Crippen molar-refractivity contribution < 1.29 is 9.59 Å². The van der Waals surface area contributed by atoms with Gasteiger partial charge in [0.05, 0.1) is 5.75 Å². The lowest BCUT2D eigenvalue weighted by Crippen LogP contribution is -2.15. The number of carbonyl (C=O) groups excluding carboxylic acids is 2. The van der Waals surface area contributed by atoms with Crippen LogP contribution in [0.15, 0.2) is 53.7 Å². The van der Waals surface area contributed by atoms with Gasteiger partial charge in [-0.05, 0) is 42.7 Å². The molecule has 0 radical (unpaired) electrons. The molecule has 162 valence electrons. The maximum absolute atomic E-state index is 12.3. The first-order valence-corrected chi connectivity index (χ1v) is 11.2. The number of carbonyl (C=O) groups is 2. The molecule has 0 spiro atoms. The van der Waals surface area contributed by atoms with Crippen LogP contribution in [0.2, 0.25) is 0 Å². The number of aryl methyl sites for hydroxylation is 3. The molecule has 7 nitrogen and oxygen atoms in total. The van der Waals surface area contributed by atoms with Gasteiger partial charge in [0, 0.05) is 31.3 Å². The van der Waals surface area contributed by atoms with Crippen molar-refractivity contribution >= 4 is 35.0 Å². The van der Waals surface area contributed by atoms with Gasteiger partial charge in [-0.3, -0.25) is 9.59 Å². The van der Waals surface area contributed by atoms with E-state index >= 15 is 0 Å². The van der Waals surface area contributed by atoms with Crippen LogP contribution in [0.1, 0.15) is 30.3 Å². The van der Waals surface area contributed by atoms with E-state index in [2.05, 4.69) is 27.8 Å². The fourth-order valence-corrected chi connectivity index (χ4v) is 3.72. The Kier molecular flexibility index (Phi) is 7.83. The summed E-state index contributed by atoms with van der Waals surface area (Å²) < 4.78 is 1.83. The van der Waals surface area contributed by atoms with Gasteiger partial charge in [0.15, 0.2) is 5.16 Å². The number of aromatic nitrogens is 3. The molecule has 0 bridgehead atoms. The summed E-state index contributed by atoms with van der Waals surface area (Å²) in [7, 11) is 1.85. The van der Waals surface area contributed by atoms with Gasteiger partial charge in [-0.25, -0.2) is 0 Å². The maximum Gasteiger partial charge on any atom is 0.234 e. The van der Waals surface area contributed by atoms with Gasteiger partial charge in [-0.1, -0.05) is 49.0 Å². The molecular formula is C23H27N5O2S. The Hall–Kier alpha value is -3.13. The molecule has 2 N–H and O–H groups in total. The van der Waals surface area contributed by atoms with E-state index in [0.717, 1.165) is 23.4 Å². The number of amides is 2. The predicted molar refractivity (Wildman–Crippen MR) is 124 cm³/mol. The summed E-state index contributed by atoms with van der Waals surface area (Å²) in [4.78, 5) is 24.5. The van der Waals surface area contributed by atoms with Gasteiger partial charge < -0.3 is 15.2 Å². The third kappa shape index (κ3) is 6.42. The number of rotatable bonds is 9. The van der Waals surface area contributed by atoms with Crippen LogP contribution in [0.3, 0.4) is 0 Å². The zero-order valence-corrected chi connectivity index (χ0v) is 18.8. The first-order chi connectivity index (χ1) is 15.0.